The molecule has 5 nitrogen and oxygen atoms in total. The van der Waals surface area contributed by atoms with Crippen LogP contribution in [-0.2, 0) is 14.8 Å². The summed E-state index contributed by atoms with van der Waals surface area (Å²) in [6.45, 7) is 2.81. The van der Waals surface area contributed by atoms with Crippen molar-refractivity contribution in [2.75, 3.05) is 13.1 Å². The van der Waals surface area contributed by atoms with Crippen LogP contribution >= 0.6 is 27.3 Å². The Morgan fingerprint density at radius 2 is 1.93 bits per heavy atom. The maximum absolute atomic E-state index is 12.7. The van der Waals surface area contributed by atoms with Gasteiger partial charge in [0, 0.05) is 23.5 Å². The number of carbonyl (C=O) groups is 1. The predicted molar refractivity (Wildman–Crippen MR) is 111 cm³/mol. The number of hydrogen-bond acceptors (Lipinski definition) is 4. The standard InChI is InChI=1S/C19H23BrN2O3S2/c1-2-17(14-5-7-16(20)8-6-14)21-19(23)15-9-11-22(12-10-15)27(24,25)18-4-3-13-26-18/h3-8,13,15,17H,2,9-12H2,1H3,(H,21,23). The molecule has 0 bridgehead atoms. The molecule has 1 unspecified atom stereocenters. The second-order valence-corrected chi connectivity index (χ2v) is 10.7. The molecule has 146 valence electrons. The number of nitrogens with zero attached hydrogens (tertiary/aromatic N) is 1. The number of nitrogens with one attached hydrogen (secondary N) is 1. The van der Waals surface area contributed by atoms with Crippen LogP contribution in [0.25, 0.3) is 0 Å². The van der Waals surface area contributed by atoms with E-state index in [2.05, 4.69) is 21.2 Å². The third-order valence-electron chi connectivity index (χ3n) is 4.91. The first-order valence-corrected chi connectivity index (χ1v) is 12.1. The average Bonchev–Trinajstić information content (AvgIpc) is 3.22. The highest BCUT2D eigenvalue weighted by atomic mass is 79.9. The van der Waals surface area contributed by atoms with Crippen LogP contribution in [0.15, 0.2) is 50.5 Å². The molecular weight excluding hydrogens is 448 g/mol. The van der Waals surface area contributed by atoms with Crippen LogP contribution in [0.1, 0.15) is 37.8 Å². The number of benzene rings is 1. The third-order valence-corrected chi connectivity index (χ3v) is 8.71. The lowest BCUT2D eigenvalue weighted by atomic mass is 9.96. The van der Waals surface area contributed by atoms with Gasteiger partial charge in [-0.2, -0.15) is 4.31 Å². The van der Waals surface area contributed by atoms with Gasteiger partial charge in [0.05, 0.1) is 6.04 Å². The number of sulfonamides is 1. The van der Waals surface area contributed by atoms with Gasteiger partial charge in [-0.3, -0.25) is 4.79 Å². The second-order valence-electron chi connectivity index (χ2n) is 6.63. The highest BCUT2D eigenvalue weighted by molar-refractivity contribution is 9.10. The average molecular weight is 471 g/mol. The van der Waals surface area contributed by atoms with E-state index in [4.69, 9.17) is 0 Å². The molecule has 1 fully saturated rings. The lowest BCUT2D eigenvalue weighted by molar-refractivity contribution is -0.126. The predicted octanol–water partition coefficient (Wildman–Crippen LogP) is 4.18. The van der Waals surface area contributed by atoms with Gasteiger partial charge in [-0.05, 0) is 48.4 Å². The van der Waals surface area contributed by atoms with E-state index in [1.54, 1.807) is 17.5 Å². The lowest BCUT2D eigenvalue weighted by Crippen LogP contribution is -2.43. The fourth-order valence-electron chi connectivity index (χ4n) is 3.30. The van der Waals surface area contributed by atoms with Crippen molar-refractivity contribution in [3.63, 3.8) is 0 Å². The van der Waals surface area contributed by atoms with Gasteiger partial charge in [-0.15, -0.1) is 11.3 Å². The van der Waals surface area contributed by atoms with Gasteiger partial charge in [-0.1, -0.05) is 41.1 Å². The largest absolute Gasteiger partial charge is 0.349 e. The molecule has 0 spiro atoms. The maximum Gasteiger partial charge on any atom is 0.252 e. The molecule has 0 aliphatic carbocycles. The van der Waals surface area contributed by atoms with Crippen LogP contribution in [0.4, 0.5) is 0 Å². The van der Waals surface area contributed by atoms with Gasteiger partial charge >= 0.3 is 0 Å². The zero-order chi connectivity index (χ0) is 19.4. The van der Waals surface area contributed by atoms with Crippen LogP contribution < -0.4 is 5.32 Å². The van der Waals surface area contributed by atoms with Crippen molar-refractivity contribution in [3.8, 4) is 0 Å². The van der Waals surface area contributed by atoms with Crippen molar-refractivity contribution >= 4 is 43.2 Å². The molecule has 1 N–H and O–H groups in total. The van der Waals surface area contributed by atoms with Crippen molar-refractivity contribution in [1.82, 2.24) is 9.62 Å². The third kappa shape index (κ3) is 4.80. The molecule has 1 aromatic heterocycles. The molecule has 8 heteroatoms. The van der Waals surface area contributed by atoms with Crippen LogP contribution in [-0.4, -0.2) is 31.7 Å². The van der Waals surface area contributed by atoms with E-state index in [1.165, 1.54) is 15.6 Å². The van der Waals surface area contributed by atoms with Gasteiger partial charge in [0.2, 0.25) is 5.91 Å². The number of carbonyl (C=O) groups excluding carboxylic acids is 1. The molecule has 3 rings (SSSR count). The van der Waals surface area contributed by atoms with Crippen LogP contribution in [0, 0.1) is 5.92 Å². The Kier molecular flexibility index (Phi) is 6.73. The fraction of sp³-hybridized carbons (Fsp3) is 0.421. The number of rotatable bonds is 6. The Balaban J connectivity index is 1.59. The van der Waals surface area contributed by atoms with E-state index in [0.717, 1.165) is 16.5 Å². The van der Waals surface area contributed by atoms with Crippen molar-refractivity contribution < 1.29 is 13.2 Å². The number of thiophene rings is 1. The summed E-state index contributed by atoms with van der Waals surface area (Å²) >= 11 is 4.65. The molecule has 1 aromatic carbocycles. The summed E-state index contributed by atoms with van der Waals surface area (Å²) in [6, 6.07) is 11.3. The molecule has 1 amide bonds. The summed E-state index contributed by atoms with van der Waals surface area (Å²) in [5.41, 5.74) is 1.08. The van der Waals surface area contributed by atoms with E-state index >= 15 is 0 Å². The van der Waals surface area contributed by atoms with Gasteiger partial charge in [0.15, 0.2) is 0 Å². The van der Waals surface area contributed by atoms with Crippen LogP contribution in [0.2, 0.25) is 0 Å². The molecule has 1 atom stereocenters. The highest BCUT2D eigenvalue weighted by Gasteiger charge is 2.33. The van der Waals surface area contributed by atoms with Gasteiger partial charge in [-0.25, -0.2) is 8.42 Å². The second kappa shape index (κ2) is 8.86. The molecule has 27 heavy (non-hydrogen) atoms. The number of hydrogen-bond donors (Lipinski definition) is 1. The molecule has 0 radical (unpaired) electrons. The Labute approximate surface area is 173 Å². The SMILES string of the molecule is CCC(NC(=O)C1CCN(S(=O)(=O)c2cccs2)CC1)c1ccc(Br)cc1. The summed E-state index contributed by atoms with van der Waals surface area (Å²) in [7, 11) is -3.43. The minimum Gasteiger partial charge on any atom is -0.349 e. The van der Waals surface area contributed by atoms with E-state index in [-0.39, 0.29) is 17.9 Å². The Hall–Kier alpha value is -1.22. The molecule has 1 aliphatic rings. The lowest BCUT2D eigenvalue weighted by Gasteiger charge is -2.31. The topological polar surface area (TPSA) is 66.5 Å². The zero-order valence-corrected chi connectivity index (χ0v) is 18.3. The number of halogens is 1. The quantitative estimate of drug-likeness (QED) is 0.688. The summed E-state index contributed by atoms with van der Waals surface area (Å²) in [4.78, 5) is 12.7. The molecule has 0 saturated carbocycles. The minimum absolute atomic E-state index is 0.0120. The fourth-order valence-corrected chi connectivity index (χ4v) is 6.18. The summed E-state index contributed by atoms with van der Waals surface area (Å²) < 4.78 is 28.1. The number of amides is 1. The van der Waals surface area contributed by atoms with Gasteiger partial charge in [0.1, 0.15) is 4.21 Å². The smallest absolute Gasteiger partial charge is 0.252 e. The van der Waals surface area contributed by atoms with E-state index in [0.29, 0.717) is 30.1 Å². The molecule has 1 saturated heterocycles. The van der Waals surface area contributed by atoms with Crippen molar-refractivity contribution in [1.29, 1.82) is 0 Å². The van der Waals surface area contributed by atoms with Crippen LogP contribution in [0.5, 0.6) is 0 Å². The van der Waals surface area contributed by atoms with Crippen LogP contribution in [0.3, 0.4) is 0 Å². The van der Waals surface area contributed by atoms with Crippen molar-refractivity contribution in [2.24, 2.45) is 5.92 Å². The molecular formula is C19H23BrN2O3S2. The minimum atomic E-state index is -3.43. The molecule has 2 heterocycles. The Morgan fingerprint density at radius 1 is 1.26 bits per heavy atom. The monoisotopic (exact) mass is 470 g/mol. The summed E-state index contributed by atoms with van der Waals surface area (Å²) in [5, 5.41) is 4.90. The first-order chi connectivity index (χ1) is 12.9. The maximum atomic E-state index is 12.7. The van der Waals surface area contributed by atoms with E-state index < -0.39 is 10.0 Å². The van der Waals surface area contributed by atoms with Crippen molar-refractivity contribution in [3.05, 3.63) is 51.8 Å². The first-order valence-electron chi connectivity index (χ1n) is 9.01. The normalized spacial score (nSPS) is 17.6. The van der Waals surface area contributed by atoms with Crippen molar-refractivity contribution in [2.45, 2.75) is 36.4 Å². The van der Waals surface area contributed by atoms with Gasteiger partial charge < -0.3 is 5.32 Å². The Morgan fingerprint density at radius 3 is 2.48 bits per heavy atom. The summed E-state index contributed by atoms with van der Waals surface area (Å²) in [5.74, 6) is -0.137. The molecule has 2 aromatic rings. The first kappa shape index (κ1) is 20.5. The van der Waals surface area contributed by atoms with Gasteiger partial charge in [0.25, 0.3) is 10.0 Å². The highest BCUT2D eigenvalue weighted by Crippen LogP contribution is 2.27. The Bertz CT molecular complexity index is 859. The summed E-state index contributed by atoms with van der Waals surface area (Å²) in [6.07, 6.45) is 1.90. The van der Waals surface area contributed by atoms with E-state index in [1.807, 2.05) is 31.2 Å². The van der Waals surface area contributed by atoms with E-state index in [9.17, 15) is 13.2 Å². The molecule has 1 aliphatic heterocycles. The number of piperidine rings is 1. The zero-order valence-electron chi connectivity index (χ0n) is 15.1.